The van der Waals surface area contributed by atoms with Crippen molar-refractivity contribution < 1.29 is 9.13 Å². The molecule has 3 aromatic carbocycles. The molecule has 3 heteroatoms. The van der Waals surface area contributed by atoms with E-state index in [-0.39, 0.29) is 5.82 Å². The predicted molar refractivity (Wildman–Crippen MR) is 85.7 cm³/mol. The first-order valence-electron chi connectivity index (χ1n) is 7.02. The van der Waals surface area contributed by atoms with Crippen LogP contribution in [0.15, 0.2) is 72.9 Å². The highest BCUT2D eigenvalue weighted by molar-refractivity contribution is 6.09. The molecule has 106 valence electrons. The second-order valence-electron chi connectivity index (χ2n) is 5.03. The van der Waals surface area contributed by atoms with Gasteiger partial charge in [0.15, 0.2) is 0 Å². The highest BCUT2D eigenvalue weighted by Gasteiger charge is 2.11. The molecule has 2 nitrogen and oxygen atoms in total. The van der Waals surface area contributed by atoms with E-state index in [1.165, 1.54) is 6.07 Å². The summed E-state index contributed by atoms with van der Waals surface area (Å²) < 4.78 is 20.2. The standard InChI is InChI=1S/C19H12FNO/c20-18-12-17-15(14-8-4-5-9-16(14)18)10-11-21-19(17)22-13-6-2-1-3-7-13/h1-12H. The van der Waals surface area contributed by atoms with Gasteiger partial charge >= 0.3 is 0 Å². The topological polar surface area (TPSA) is 22.1 Å². The Morgan fingerprint density at radius 3 is 2.23 bits per heavy atom. The van der Waals surface area contributed by atoms with Crippen molar-refractivity contribution >= 4 is 21.5 Å². The quantitative estimate of drug-likeness (QED) is 0.466. The fourth-order valence-corrected chi connectivity index (χ4v) is 2.64. The molecule has 0 N–H and O–H groups in total. The molecule has 0 saturated heterocycles. The minimum absolute atomic E-state index is 0.269. The number of ether oxygens (including phenoxy) is 1. The van der Waals surface area contributed by atoms with Crippen molar-refractivity contribution in [1.29, 1.82) is 0 Å². The zero-order valence-corrected chi connectivity index (χ0v) is 11.7. The molecule has 0 aliphatic carbocycles. The van der Waals surface area contributed by atoms with Gasteiger partial charge < -0.3 is 4.74 Å². The maximum atomic E-state index is 14.4. The summed E-state index contributed by atoms with van der Waals surface area (Å²) in [7, 11) is 0. The third kappa shape index (κ3) is 2.07. The molecule has 0 amide bonds. The molecule has 22 heavy (non-hydrogen) atoms. The van der Waals surface area contributed by atoms with E-state index < -0.39 is 0 Å². The third-order valence-electron chi connectivity index (χ3n) is 3.66. The molecule has 0 spiro atoms. The molecule has 0 fully saturated rings. The first-order chi connectivity index (χ1) is 10.8. The highest BCUT2D eigenvalue weighted by Crippen LogP contribution is 2.33. The minimum Gasteiger partial charge on any atom is -0.438 e. The van der Waals surface area contributed by atoms with Gasteiger partial charge in [0.1, 0.15) is 11.6 Å². The van der Waals surface area contributed by atoms with Crippen LogP contribution in [0, 0.1) is 5.82 Å². The summed E-state index contributed by atoms with van der Waals surface area (Å²) >= 11 is 0. The van der Waals surface area contributed by atoms with Gasteiger partial charge in [-0.15, -0.1) is 0 Å². The maximum Gasteiger partial charge on any atom is 0.227 e. The van der Waals surface area contributed by atoms with E-state index in [2.05, 4.69) is 4.98 Å². The Morgan fingerprint density at radius 2 is 1.41 bits per heavy atom. The van der Waals surface area contributed by atoms with Gasteiger partial charge in [-0.05, 0) is 35.0 Å². The fourth-order valence-electron chi connectivity index (χ4n) is 2.64. The van der Waals surface area contributed by atoms with Crippen molar-refractivity contribution in [2.24, 2.45) is 0 Å². The number of aromatic nitrogens is 1. The summed E-state index contributed by atoms with van der Waals surface area (Å²) in [5.74, 6) is 0.818. The molecule has 0 aliphatic rings. The van der Waals surface area contributed by atoms with E-state index >= 15 is 0 Å². The summed E-state index contributed by atoms with van der Waals surface area (Å²) in [4.78, 5) is 4.26. The van der Waals surface area contributed by atoms with Gasteiger partial charge in [0.2, 0.25) is 5.88 Å². The van der Waals surface area contributed by atoms with Crippen molar-refractivity contribution in [3.63, 3.8) is 0 Å². The SMILES string of the molecule is Fc1cc2c(Oc3ccccc3)nccc2c2ccccc12. The van der Waals surface area contributed by atoms with E-state index in [1.54, 1.807) is 12.3 Å². The Bertz CT molecular complexity index is 967. The van der Waals surface area contributed by atoms with Crippen LogP contribution in [0.3, 0.4) is 0 Å². The summed E-state index contributed by atoms with van der Waals surface area (Å²) in [5, 5.41) is 3.06. The second-order valence-corrected chi connectivity index (χ2v) is 5.03. The minimum atomic E-state index is -0.269. The van der Waals surface area contributed by atoms with E-state index in [0.717, 1.165) is 10.8 Å². The van der Waals surface area contributed by atoms with Gasteiger partial charge in [-0.2, -0.15) is 0 Å². The number of fused-ring (bicyclic) bond motifs is 3. The summed E-state index contributed by atoms with van der Waals surface area (Å²) in [6, 6.07) is 20.2. The molecule has 1 heterocycles. The molecular formula is C19H12FNO. The number of rotatable bonds is 2. The summed E-state index contributed by atoms with van der Waals surface area (Å²) in [6.07, 6.45) is 1.69. The lowest BCUT2D eigenvalue weighted by Crippen LogP contribution is -1.91. The zero-order valence-electron chi connectivity index (χ0n) is 11.7. The average Bonchev–Trinajstić information content (AvgIpc) is 2.57. The number of hydrogen-bond donors (Lipinski definition) is 0. The summed E-state index contributed by atoms with van der Waals surface area (Å²) in [5.41, 5.74) is 0. The van der Waals surface area contributed by atoms with Gasteiger partial charge in [-0.3, -0.25) is 0 Å². The van der Waals surface area contributed by atoms with Gasteiger partial charge in [0, 0.05) is 17.0 Å². The monoisotopic (exact) mass is 289 g/mol. The van der Waals surface area contributed by atoms with Gasteiger partial charge in [0.05, 0.1) is 0 Å². The van der Waals surface area contributed by atoms with Crippen LogP contribution in [0.25, 0.3) is 21.5 Å². The number of benzene rings is 3. The Morgan fingerprint density at radius 1 is 0.727 bits per heavy atom. The fraction of sp³-hybridized carbons (Fsp3) is 0. The van der Waals surface area contributed by atoms with E-state index in [9.17, 15) is 4.39 Å². The van der Waals surface area contributed by atoms with Crippen molar-refractivity contribution in [3.05, 3.63) is 78.7 Å². The predicted octanol–water partition coefficient (Wildman–Crippen LogP) is 5.32. The molecule has 0 radical (unpaired) electrons. The molecule has 0 aliphatic heterocycles. The largest absolute Gasteiger partial charge is 0.438 e. The molecule has 0 unspecified atom stereocenters. The molecule has 4 aromatic rings. The maximum absolute atomic E-state index is 14.4. The Kier molecular flexibility index (Phi) is 2.97. The van der Waals surface area contributed by atoms with Crippen LogP contribution in [0.4, 0.5) is 4.39 Å². The van der Waals surface area contributed by atoms with Crippen molar-refractivity contribution in [2.75, 3.05) is 0 Å². The normalized spacial score (nSPS) is 11.0. The number of hydrogen-bond acceptors (Lipinski definition) is 2. The van der Waals surface area contributed by atoms with Gasteiger partial charge in [0.25, 0.3) is 0 Å². The Labute approximate surface area is 126 Å². The van der Waals surface area contributed by atoms with E-state index in [4.69, 9.17) is 4.74 Å². The molecule has 0 saturated carbocycles. The first kappa shape index (κ1) is 12.8. The van der Waals surface area contributed by atoms with Gasteiger partial charge in [-0.1, -0.05) is 42.5 Å². The van der Waals surface area contributed by atoms with Crippen molar-refractivity contribution in [3.8, 4) is 11.6 Å². The third-order valence-corrected chi connectivity index (χ3v) is 3.66. The molecule has 1 aromatic heterocycles. The van der Waals surface area contributed by atoms with E-state index in [1.807, 2.05) is 54.6 Å². The second kappa shape index (κ2) is 5.11. The lowest BCUT2D eigenvalue weighted by atomic mass is 10.0. The van der Waals surface area contributed by atoms with Crippen LogP contribution in [0.2, 0.25) is 0 Å². The van der Waals surface area contributed by atoms with Crippen LogP contribution in [-0.2, 0) is 0 Å². The van der Waals surface area contributed by atoms with Crippen LogP contribution in [-0.4, -0.2) is 4.98 Å². The van der Waals surface area contributed by atoms with Crippen LogP contribution < -0.4 is 4.74 Å². The Balaban J connectivity index is 1.97. The van der Waals surface area contributed by atoms with Crippen LogP contribution in [0.5, 0.6) is 11.6 Å². The number of nitrogens with zero attached hydrogens (tertiary/aromatic N) is 1. The number of halogens is 1. The van der Waals surface area contributed by atoms with Crippen molar-refractivity contribution in [1.82, 2.24) is 4.98 Å². The molecule has 4 rings (SSSR count). The van der Waals surface area contributed by atoms with Crippen LogP contribution >= 0.6 is 0 Å². The lowest BCUT2D eigenvalue weighted by molar-refractivity contribution is 0.469. The van der Waals surface area contributed by atoms with Gasteiger partial charge in [-0.25, -0.2) is 9.37 Å². The lowest BCUT2D eigenvalue weighted by Gasteiger charge is -2.10. The zero-order chi connectivity index (χ0) is 14.9. The number of pyridine rings is 1. The van der Waals surface area contributed by atoms with E-state index in [0.29, 0.717) is 22.4 Å². The number of para-hydroxylation sites is 1. The smallest absolute Gasteiger partial charge is 0.227 e. The Hall–Kier alpha value is -2.94. The molecular weight excluding hydrogens is 277 g/mol. The first-order valence-corrected chi connectivity index (χ1v) is 7.02. The molecule has 0 atom stereocenters. The summed E-state index contributed by atoms with van der Waals surface area (Å²) in [6.45, 7) is 0. The highest BCUT2D eigenvalue weighted by atomic mass is 19.1. The molecule has 0 bridgehead atoms. The average molecular weight is 289 g/mol. The van der Waals surface area contributed by atoms with Crippen LogP contribution in [0.1, 0.15) is 0 Å². The van der Waals surface area contributed by atoms with Crippen molar-refractivity contribution in [2.45, 2.75) is 0 Å².